The Labute approximate surface area is 108 Å². The number of carbonyl (C=O) groups excluding carboxylic acids is 1. The summed E-state index contributed by atoms with van der Waals surface area (Å²) in [4.78, 5) is 14.8. The molecule has 5 heteroatoms. The van der Waals surface area contributed by atoms with E-state index in [9.17, 15) is 4.79 Å². The van der Waals surface area contributed by atoms with Crippen molar-refractivity contribution in [3.8, 4) is 0 Å². The van der Waals surface area contributed by atoms with E-state index in [4.69, 9.17) is 4.74 Å². The predicted octanol–water partition coefficient (Wildman–Crippen LogP) is 3.07. The second-order valence-corrected chi connectivity index (χ2v) is 6.20. The first kappa shape index (κ1) is 11.9. The highest BCUT2D eigenvalue weighted by molar-refractivity contribution is 9.11. The average molecular weight is 304 g/mol. The molecule has 1 aliphatic rings. The van der Waals surface area contributed by atoms with Crippen LogP contribution in [-0.2, 0) is 17.6 Å². The molecule has 0 saturated carbocycles. The highest BCUT2D eigenvalue weighted by atomic mass is 79.9. The molecular weight excluding hydrogens is 290 g/mol. The number of thiophene rings is 1. The van der Waals surface area contributed by atoms with Crippen molar-refractivity contribution >= 4 is 33.4 Å². The Morgan fingerprint density at radius 1 is 1.56 bits per heavy atom. The fourth-order valence-electron chi connectivity index (χ4n) is 1.85. The summed E-state index contributed by atoms with van der Waals surface area (Å²) in [6, 6.07) is 2.16. The Morgan fingerprint density at radius 2 is 2.31 bits per heavy atom. The zero-order valence-corrected chi connectivity index (χ0v) is 11.6. The van der Waals surface area contributed by atoms with Gasteiger partial charge in [-0.2, -0.15) is 0 Å². The van der Waals surface area contributed by atoms with Gasteiger partial charge in [-0.15, -0.1) is 11.3 Å². The summed E-state index contributed by atoms with van der Waals surface area (Å²) in [5, 5.41) is 0. The molecule has 0 spiro atoms. The number of amides is 1. The van der Waals surface area contributed by atoms with Crippen LogP contribution in [0.25, 0.3) is 0 Å². The van der Waals surface area contributed by atoms with Gasteiger partial charge in [-0.3, -0.25) is 0 Å². The van der Waals surface area contributed by atoms with Crippen LogP contribution in [0.3, 0.4) is 0 Å². The lowest BCUT2D eigenvalue weighted by Gasteiger charge is -2.18. The van der Waals surface area contributed by atoms with E-state index in [-0.39, 0.29) is 6.09 Å². The van der Waals surface area contributed by atoms with Crippen molar-refractivity contribution in [3.63, 3.8) is 0 Å². The van der Waals surface area contributed by atoms with Crippen LogP contribution in [0.4, 0.5) is 4.79 Å². The molecule has 1 aromatic rings. The van der Waals surface area contributed by atoms with Gasteiger partial charge in [0.1, 0.15) is 0 Å². The molecule has 0 saturated heterocycles. The Morgan fingerprint density at radius 3 is 3.06 bits per heavy atom. The summed E-state index contributed by atoms with van der Waals surface area (Å²) >= 11 is 5.27. The van der Waals surface area contributed by atoms with E-state index in [1.165, 1.54) is 14.2 Å². The predicted molar refractivity (Wildman–Crippen MR) is 68.0 cm³/mol. The van der Waals surface area contributed by atoms with Crippen molar-refractivity contribution in [2.45, 2.75) is 19.8 Å². The molecule has 16 heavy (non-hydrogen) atoms. The molecule has 0 aromatic carbocycles. The average Bonchev–Trinajstić information content (AvgIpc) is 2.48. The van der Waals surface area contributed by atoms with Crippen LogP contribution in [0, 0.1) is 0 Å². The third kappa shape index (κ3) is 2.58. The maximum atomic E-state index is 11.6. The summed E-state index contributed by atoms with van der Waals surface area (Å²) in [7, 11) is 0. The van der Waals surface area contributed by atoms with Gasteiger partial charge in [-0.1, -0.05) is 0 Å². The van der Waals surface area contributed by atoms with E-state index < -0.39 is 0 Å². The van der Waals surface area contributed by atoms with E-state index in [2.05, 4.69) is 22.0 Å². The van der Waals surface area contributed by atoms with Crippen LogP contribution in [-0.4, -0.2) is 30.7 Å². The Balaban J connectivity index is 2.02. The highest BCUT2D eigenvalue weighted by Gasteiger charge is 2.20. The van der Waals surface area contributed by atoms with Gasteiger partial charge in [-0.05, 0) is 47.3 Å². The SMILES string of the molecule is CCOC(=O)N1CCc2cc(Br)sc2CC1. The van der Waals surface area contributed by atoms with Crippen molar-refractivity contribution in [2.24, 2.45) is 0 Å². The smallest absolute Gasteiger partial charge is 0.409 e. The number of hydrogen-bond donors (Lipinski definition) is 0. The summed E-state index contributed by atoms with van der Waals surface area (Å²) in [6.07, 6.45) is 1.68. The van der Waals surface area contributed by atoms with Crippen LogP contribution < -0.4 is 0 Å². The fourth-order valence-corrected chi connectivity index (χ4v) is 3.64. The first-order valence-electron chi connectivity index (χ1n) is 5.39. The van der Waals surface area contributed by atoms with Gasteiger partial charge < -0.3 is 9.64 Å². The zero-order valence-electron chi connectivity index (χ0n) is 9.16. The minimum Gasteiger partial charge on any atom is -0.450 e. The number of nitrogens with zero attached hydrogens (tertiary/aromatic N) is 1. The lowest BCUT2D eigenvalue weighted by molar-refractivity contribution is 0.109. The molecule has 2 rings (SSSR count). The first-order valence-corrected chi connectivity index (χ1v) is 7.00. The fraction of sp³-hybridized carbons (Fsp3) is 0.545. The minimum atomic E-state index is -0.184. The van der Waals surface area contributed by atoms with Gasteiger partial charge in [0.05, 0.1) is 10.4 Å². The third-order valence-corrected chi connectivity index (χ3v) is 4.39. The summed E-state index contributed by atoms with van der Waals surface area (Å²) in [5.74, 6) is 0. The van der Waals surface area contributed by atoms with E-state index in [0.29, 0.717) is 6.61 Å². The lowest BCUT2D eigenvalue weighted by atomic mass is 10.2. The van der Waals surface area contributed by atoms with Gasteiger partial charge in [-0.25, -0.2) is 4.79 Å². The van der Waals surface area contributed by atoms with Crippen molar-refractivity contribution in [3.05, 3.63) is 20.3 Å². The lowest BCUT2D eigenvalue weighted by Crippen LogP contribution is -2.33. The number of carbonyl (C=O) groups is 1. The van der Waals surface area contributed by atoms with Crippen molar-refractivity contribution in [2.75, 3.05) is 19.7 Å². The zero-order chi connectivity index (χ0) is 11.5. The quantitative estimate of drug-likeness (QED) is 0.798. The second-order valence-electron chi connectivity index (χ2n) is 3.68. The monoisotopic (exact) mass is 303 g/mol. The molecule has 2 heterocycles. The molecule has 3 nitrogen and oxygen atoms in total. The molecule has 0 N–H and O–H groups in total. The van der Waals surface area contributed by atoms with Crippen molar-refractivity contribution in [1.29, 1.82) is 0 Å². The van der Waals surface area contributed by atoms with Crippen LogP contribution in [0.1, 0.15) is 17.4 Å². The van der Waals surface area contributed by atoms with Gasteiger partial charge >= 0.3 is 6.09 Å². The van der Waals surface area contributed by atoms with E-state index >= 15 is 0 Å². The molecule has 0 fully saturated rings. The van der Waals surface area contributed by atoms with Gasteiger partial charge in [0.25, 0.3) is 0 Å². The normalized spacial score (nSPS) is 15.5. The standard InChI is InChI=1S/C11H14BrNO2S/c1-2-15-11(14)13-5-3-8-7-10(12)16-9(8)4-6-13/h7H,2-6H2,1H3. The van der Waals surface area contributed by atoms with Crippen molar-refractivity contribution in [1.82, 2.24) is 4.90 Å². The second kappa shape index (κ2) is 5.19. The van der Waals surface area contributed by atoms with E-state index in [1.807, 2.05) is 6.92 Å². The number of rotatable bonds is 1. The summed E-state index contributed by atoms with van der Waals surface area (Å²) in [6.45, 7) is 3.81. The molecule has 0 aliphatic carbocycles. The number of hydrogen-bond acceptors (Lipinski definition) is 3. The van der Waals surface area contributed by atoms with Crippen molar-refractivity contribution < 1.29 is 9.53 Å². The Kier molecular flexibility index (Phi) is 3.86. The molecule has 1 aliphatic heterocycles. The van der Waals surface area contributed by atoms with E-state index in [0.717, 1.165) is 25.9 Å². The Hall–Kier alpha value is -0.550. The molecular formula is C11H14BrNO2S. The van der Waals surface area contributed by atoms with Crippen LogP contribution in [0.15, 0.2) is 9.85 Å². The molecule has 1 aromatic heterocycles. The van der Waals surface area contributed by atoms with Crippen LogP contribution >= 0.6 is 27.3 Å². The molecule has 0 unspecified atom stereocenters. The summed E-state index contributed by atoms with van der Waals surface area (Å²) < 4.78 is 6.20. The molecule has 0 radical (unpaired) electrons. The van der Waals surface area contributed by atoms with Crippen LogP contribution in [0.2, 0.25) is 0 Å². The van der Waals surface area contributed by atoms with E-state index in [1.54, 1.807) is 16.2 Å². The number of fused-ring (bicyclic) bond motifs is 1. The minimum absolute atomic E-state index is 0.184. The van der Waals surface area contributed by atoms with Gasteiger partial charge in [0, 0.05) is 18.0 Å². The maximum Gasteiger partial charge on any atom is 0.409 e. The first-order chi connectivity index (χ1) is 7.70. The highest BCUT2D eigenvalue weighted by Crippen LogP contribution is 2.29. The molecule has 1 amide bonds. The van der Waals surface area contributed by atoms with Crippen LogP contribution in [0.5, 0.6) is 0 Å². The largest absolute Gasteiger partial charge is 0.450 e. The third-order valence-electron chi connectivity index (χ3n) is 2.65. The summed E-state index contributed by atoms with van der Waals surface area (Å²) in [5.41, 5.74) is 1.36. The molecule has 88 valence electrons. The number of halogens is 1. The van der Waals surface area contributed by atoms with Gasteiger partial charge in [0.15, 0.2) is 0 Å². The Bertz CT molecular complexity index is 366. The molecule has 0 atom stereocenters. The number of ether oxygens (including phenoxy) is 1. The topological polar surface area (TPSA) is 29.5 Å². The maximum absolute atomic E-state index is 11.6. The van der Waals surface area contributed by atoms with Gasteiger partial charge in [0.2, 0.25) is 0 Å². The molecule has 0 bridgehead atoms.